The number of carbonyl (C=O) groups is 1. The van der Waals surface area contributed by atoms with E-state index in [0.29, 0.717) is 11.4 Å². The third-order valence-electron chi connectivity index (χ3n) is 5.76. The summed E-state index contributed by atoms with van der Waals surface area (Å²) in [6.45, 7) is 1.50. The highest BCUT2D eigenvalue weighted by Gasteiger charge is 2.64. The lowest BCUT2D eigenvalue weighted by atomic mass is 9.81. The second-order valence-corrected chi connectivity index (χ2v) is 8.08. The Morgan fingerprint density at radius 3 is 2.16 bits per heavy atom. The van der Waals surface area contributed by atoms with Crippen molar-refractivity contribution in [1.82, 2.24) is 9.78 Å². The maximum Gasteiger partial charge on any atom is 0.422 e. The Hall–Kier alpha value is -4.60. The monoisotopic (exact) mass is 506 g/mol. The highest BCUT2D eigenvalue weighted by molar-refractivity contribution is 5.96. The van der Waals surface area contributed by atoms with Crippen LogP contribution in [0.3, 0.4) is 0 Å². The number of anilines is 1. The molecule has 0 saturated heterocycles. The Balaban J connectivity index is 1.85. The van der Waals surface area contributed by atoms with E-state index < -0.39 is 35.0 Å². The minimum atomic E-state index is -5.00. The Labute approximate surface area is 210 Å². The Morgan fingerprint density at radius 2 is 1.57 bits per heavy atom. The van der Waals surface area contributed by atoms with Crippen molar-refractivity contribution in [2.45, 2.75) is 18.6 Å². The molecule has 1 aliphatic rings. The van der Waals surface area contributed by atoms with Crippen molar-refractivity contribution < 1.29 is 27.4 Å². The lowest BCUT2D eigenvalue weighted by Gasteiger charge is -2.36. The quantitative estimate of drug-likeness (QED) is 0.351. The van der Waals surface area contributed by atoms with Gasteiger partial charge in [-0.15, -0.1) is 0 Å². The van der Waals surface area contributed by atoms with Gasteiger partial charge in [0.1, 0.15) is 0 Å². The first-order valence-electron chi connectivity index (χ1n) is 11.4. The fourth-order valence-corrected chi connectivity index (χ4v) is 4.19. The van der Waals surface area contributed by atoms with Crippen molar-refractivity contribution in [2.75, 3.05) is 11.9 Å². The van der Waals surface area contributed by atoms with Gasteiger partial charge in [-0.05, 0) is 36.8 Å². The summed E-state index contributed by atoms with van der Waals surface area (Å²) in [5.74, 6) is -1.32. The van der Waals surface area contributed by atoms with E-state index in [1.54, 1.807) is 73.7 Å². The largest absolute Gasteiger partial charge is 0.461 e. The van der Waals surface area contributed by atoms with Gasteiger partial charge in [0.15, 0.2) is 5.69 Å². The van der Waals surface area contributed by atoms with E-state index in [2.05, 4.69) is 15.4 Å². The number of para-hydroxylation sites is 2. The zero-order valence-corrected chi connectivity index (χ0v) is 19.6. The van der Waals surface area contributed by atoms with Crippen LogP contribution in [0.15, 0.2) is 96.0 Å². The van der Waals surface area contributed by atoms with Crippen molar-refractivity contribution in [3.8, 4) is 11.6 Å². The third kappa shape index (κ3) is 4.20. The number of nitrogens with one attached hydrogen (secondary N) is 1. The van der Waals surface area contributed by atoms with E-state index in [9.17, 15) is 4.79 Å². The summed E-state index contributed by atoms with van der Waals surface area (Å²) >= 11 is 0. The number of aromatic nitrogens is 2. The SMILES string of the molecule is CCOC(=O)c1nn(-c2ccccc2)c2c1C(c1ccccc1)(C(F)(F)F)N=C(Nc1ccccc1)O2. The van der Waals surface area contributed by atoms with E-state index in [1.165, 1.54) is 24.3 Å². The summed E-state index contributed by atoms with van der Waals surface area (Å²) in [5.41, 5.74) is -3.47. The standard InChI is InChI=1S/C27H21F3N4O3/c1-2-36-24(35)22-21-23(34(33-22)20-16-10-5-11-17-20)37-25(31-19-14-8-4-9-15-19)32-26(21,27(28,29)30)18-12-6-3-7-13-18/h3-17H,2H2,1H3,(H,31,32). The number of amidine groups is 1. The van der Waals surface area contributed by atoms with Gasteiger partial charge in [0, 0.05) is 5.69 Å². The van der Waals surface area contributed by atoms with Gasteiger partial charge in [0.25, 0.3) is 6.02 Å². The van der Waals surface area contributed by atoms with Gasteiger partial charge in [-0.3, -0.25) is 0 Å². The maximum absolute atomic E-state index is 15.3. The number of esters is 1. The molecule has 188 valence electrons. The predicted molar refractivity (Wildman–Crippen MR) is 131 cm³/mol. The molecule has 3 aromatic carbocycles. The normalized spacial score (nSPS) is 16.8. The number of hydrogen-bond donors (Lipinski definition) is 1. The molecule has 1 atom stereocenters. The molecule has 1 aliphatic heterocycles. The fourth-order valence-electron chi connectivity index (χ4n) is 4.19. The molecule has 1 unspecified atom stereocenters. The minimum absolute atomic E-state index is 0.0545. The van der Waals surface area contributed by atoms with E-state index in [-0.39, 0.29) is 18.1 Å². The van der Waals surface area contributed by atoms with Crippen LogP contribution in [-0.4, -0.2) is 34.6 Å². The highest BCUT2D eigenvalue weighted by atomic mass is 19.4. The molecule has 37 heavy (non-hydrogen) atoms. The molecule has 0 radical (unpaired) electrons. The van der Waals surface area contributed by atoms with Crippen LogP contribution in [0.5, 0.6) is 5.88 Å². The van der Waals surface area contributed by atoms with Crippen LogP contribution in [0.1, 0.15) is 28.5 Å². The van der Waals surface area contributed by atoms with Crippen LogP contribution >= 0.6 is 0 Å². The Bertz CT molecular complexity index is 1440. The lowest BCUT2D eigenvalue weighted by molar-refractivity contribution is -0.177. The Kier molecular flexibility index (Phi) is 6.16. The highest BCUT2D eigenvalue weighted by Crippen LogP contribution is 2.54. The van der Waals surface area contributed by atoms with Crippen LogP contribution < -0.4 is 10.1 Å². The molecule has 4 aromatic rings. The van der Waals surface area contributed by atoms with Gasteiger partial charge in [0.05, 0.1) is 17.9 Å². The number of benzene rings is 3. The van der Waals surface area contributed by atoms with Crippen LogP contribution in [0.2, 0.25) is 0 Å². The van der Waals surface area contributed by atoms with Crippen molar-refractivity contribution in [3.05, 3.63) is 108 Å². The number of rotatable bonds is 5. The van der Waals surface area contributed by atoms with Gasteiger partial charge in [0.2, 0.25) is 11.4 Å². The molecule has 0 amide bonds. The molecule has 2 heterocycles. The first kappa shape index (κ1) is 24.1. The van der Waals surface area contributed by atoms with E-state index in [4.69, 9.17) is 9.47 Å². The number of halogens is 3. The molecule has 0 fully saturated rings. The fraction of sp³-hybridized carbons (Fsp3) is 0.148. The number of nitrogens with zero attached hydrogens (tertiary/aromatic N) is 3. The van der Waals surface area contributed by atoms with Gasteiger partial charge in [-0.1, -0.05) is 66.7 Å². The molecule has 10 heteroatoms. The number of alkyl halides is 3. The van der Waals surface area contributed by atoms with Crippen LogP contribution in [-0.2, 0) is 10.3 Å². The first-order valence-corrected chi connectivity index (χ1v) is 11.4. The zero-order valence-electron chi connectivity index (χ0n) is 19.6. The lowest BCUT2D eigenvalue weighted by Crippen LogP contribution is -2.47. The molecule has 5 rings (SSSR count). The second kappa shape index (κ2) is 9.45. The summed E-state index contributed by atoms with van der Waals surface area (Å²) in [6.07, 6.45) is -5.00. The number of fused-ring (bicyclic) bond motifs is 1. The van der Waals surface area contributed by atoms with Gasteiger partial charge < -0.3 is 14.8 Å². The van der Waals surface area contributed by atoms with Crippen molar-refractivity contribution >= 4 is 17.7 Å². The smallest absolute Gasteiger partial charge is 0.422 e. The molecule has 0 spiro atoms. The van der Waals surface area contributed by atoms with Crippen LogP contribution in [0, 0.1) is 0 Å². The number of ether oxygens (including phenoxy) is 2. The minimum Gasteiger partial charge on any atom is -0.461 e. The molecule has 1 aromatic heterocycles. The molecular weight excluding hydrogens is 485 g/mol. The number of carbonyl (C=O) groups excluding carboxylic acids is 1. The summed E-state index contributed by atoms with van der Waals surface area (Å²) in [7, 11) is 0. The number of aliphatic imine (C=N–C) groups is 1. The van der Waals surface area contributed by atoms with Crippen molar-refractivity contribution in [1.29, 1.82) is 0 Å². The summed E-state index contributed by atoms with van der Waals surface area (Å²) in [4.78, 5) is 17.1. The molecule has 7 nitrogen and oxygen atoms in total. The summed E-state index contributed by atoms with van der Waals surface area (Å²) in [5, 5.41) is 7.10. The van der Waals surface area contributed by atoms with Gasteiger partial charge in [-0.25, -0.2) is 9.79 Å². The average molecular weight is 506 g/mol. The molecule has 1 N–H and O–H groups in total. The topological polar surface area (TPSA) is 77.7 Å². The second-order valence-electron chi connectivity index (χ2n) is 8.08. The maximum atomic E-state index is 15.3. The van der Waals surface area contributed by atoms with E-state index >= 15 is 13.2 Å². The zero-order chi connectivity index (χ0) is 26.0. The average Bonchev–Trinajstić information content (AvgIpc) is 3.29. The first-order chi connectivity index (χ1) is 17.8. The van der Waals surface area contributed by atoms with E-state index in [0.717, 1.165) is 4.68 Å². The van der Waals surface area contributed by atoms with Gasteiger partial charge in [-0.2, -0.15) is 23.0 Å². The van der Waals surface area contributed by atoms with Gasteiger partial charge >= 0.3 is 12.1 Å². The molecule has 0 saturated carbocycles. The molecule has 0 bridgehead atoms. The predicted octanol–water partition coefficient (Wildman–Crippen LogP) is 5.72. The molecular formula is C27H21F3N4O3. The number of hydrogen-bond acceptors (Lipinski definition) is 6. The van der Waals surface area contributed by atoms with Crippen LogP contribution in [0.25, 0.3) is 5.69 Å². The van der Waals surface area contributed by atoms with Crippen LogP contribution in [0.4, 0.5) is 18.9 Å². The van der Waals surface area contributed by atoms with E-state index in [1.807, 2.05) is 0 Å². The summed E-state index contributed by atoms with van der Waals surface area (Å²) in [6, 6.07) is 23.7. The van der Waals surface area contributed by atoms with Crippen molar-refractivity contribution in [2.24, 2.45) is 4.99 Å². The van der Waals surface area contributed by atoms with Crippen molar-refractivity contribution in [3.63, 3.8) is 0 Å². The Morgan fingerprint density at radius 1 is 0.973 bits per heavy atom. The third-order valence-corrected chi connectivity index (χ3v) is 5.76. The molecule has 0 aliphatic carbocycles. The summed E-state index contributed by atoms with van der Waals surface area (Å²) < 4.78 is 58.2.